The van der Waals surface area contributed by atoms with Crippen LogP contribution in [0.4, 0.5) is 4.79 Å². The molecular weight excluding hydrogens is 340 g/mol. The molecule has 0 atom stereocenters. The van der Waals surface area contributed by atoms with Gasteiger partial charge in [0.2, 0.25) is 0 Å². The summed E-state index contributed by atoms with van der Waals surface area (Å²) in [5.41, 5.74) is 2.98. The van der Waals surface area contributed by atoms with Gasteiger partial charge in [-0.05, 0) is 49.4 Å². The first-order chi connectivity index (χ1) is 10.9. The second-order valence-corrected chi connectivity index (χ2v) is 6.39. The lowest BCUT2D eigenvalue weighted by Gasteiger charge is -2.14. The molecule has 3 amide bonds. The zero-order chi connectivity index (χ0) is 17.0. The molecule has 1 heterocycles. The van der Waals surface area contributed by atoms with Crippen LogP contribution in [0, 0.1) is 0 Å². The summed E-state index contributed by atoms with van der Waals surface area (Å²) >= 11 is 6.56. The van der Waals surface area contributed by atoms with Crippen molar-refractivity contribution in [3.8, 4) is 0 Å². The summed E-state index contributed by atoms with van der Waals surface area (Å²) in [5, 5.41) is 0.708. The van der Waals surface area contributed by atoms with E-state index in [-0.39, 0.29) is 17.6 Å². The maximum absolute atomic E-state index is 12.2. The van der Waals surface area contributed by atoms with Crippen molar-refractivity contribution in [3.05, 3.63) is 39.8 Å². The van der Waals surface area contributed by atoms with Crippen LogP contribution in [0.25, 0.3) is 6.08 Å². The van der Waals surface area contributed by atoms with Gasteiger partial charge in [0, 0.05) is 5.02 Å². The Labute approximate surface area is 142 Å². The Morgan fingerprint density at radius 3 is 2.61 bits per heavy atom. The number of hydrogen-bond donors (Lipinski definition) is 1. The number of hydrogen-bond acceptors (Lipinski definition) is 5. The zero-order valence-electron chi connectivity index (χ0n) is 12.5. The Morgan fingerprint density at radius 2 is 2.00 bits per heavy atom. The number of rotatable bonds is 5. The molecule has 0 spiro atoms. The number of benzene rings is 1. The fourth-order valence-electron chi connectivity index (χ4n) is 1.67. The van der Waals surface area contributed by atoms with E-state index in [4.69, 9.17) is 16.3 Å². The maximum Gasteiger partial charge on any atom is 0.312 e. The molecule has 1 N–H and O–H groups in total. The highest BCUT2D eigenvalue weighted by Crippen LogP contribution is 2.31. The van der Waals surface area contributed by atoms with Crippen LogP contribution in [0.15, 0.2) is 29.2 Å². The van der Waals surface area contributed by atoms with Gasteiger partial charge in [-0.25, -0.2) is 0 Å². The Kier molecular flexibility index (Phi) is 5.81. The van der Waals surface area contributed by atoms with E-state index in [0.29, 0.717) is 10.0 Å². The molecule has 0 aliphatic carbocycles. The third-order valence-corrected chi connectivity index (χ3v) is 3.87. The first-order valence-electron chi connectivity index (χ1n) is 6.81. The summed E-state index contributed by atoms with van der Waals surface area (Å²) in [7, 11) is 0. The van der Waals surface area contributed by atoms with E-state index >= 15 is 0 Å². The molecule has 1 aliphatic rings. The summed E-state index contributed by atoms with van der Waals surface area (Å²) in [5.74, 6) is -1.14. The fraction of sp³-hybridized carbons (Fsp3) is 0.267. The molecule has 23 heavy (non-hydrogen) atoms. The number of thioether (sulfide) groups is 1. The third-order valence-electron chi connectivity index (χ3n) is 2.75. The monoisotopic (exact) mass is 354 g/mol. The van der Waals surface area contributed by atoms with Gasteiger partial charge in [0.1, 0.15) is 6.61 Å². The zero-order valence-corrected chi connectivity index (χ0v) is 14.1. The molecule has 1 saturated heterocycles. The number of halogens is 1. The van der Waals surface area contributed by atoms with Gasteiger partial charge in [-0.1, -0.05) is 23.7 Å². The molecule has 1 aromatic carbocycles. The minimum absolute atomic E-state index is 0.125. The Bertz CT molecular complexity index is 658. The van der Waals surface area contributed by atoms with Crippen LogP contribution in [-0.4, -0.2) is 34.8 Å². The van der Waals surface area contributed by atoms with Crippen molar-refractivity contribution in [2.24, 2.45) is 0 Å². The normalized spacial score (nSPS) is 16.5. The van der Waals surface area contributed by atoms with Gasteiger partial charge in [0.15, 0.2) is 0 Å². The number of nitrogens with one attached hydrogen (secondary N) is 1. The average molecular weight is 355 g/mol. The van der Waals surface area contributed by atoms with Crippen LogP contribution in [0.1, 0.15) is 19.4 Å². The maximum atomic E-state index is 12.2. The summed E-state index contributed by atoms with van der Waals surface area (Å²) in [6.45, 7) is 3.33. The van der Waals surface area contributed by atoms with E-state index in [2.05, 4.69) is 5.43 Å². The van der Waals surface area contributed by atoms with Crippen LogP contribution in [0.3, 0.4) is 0 Å². The van der Waals surface area contributed by atoms with E-state index in [0.717, 1.165) is 17.3 Å². The molecule has 2 rings (SSSR count). The average Bonchev–Trinajstić information content (AvgIpc) is 2.75. The largest absolute Gasteiger partial charge is 0.369 e. The van der Waals surface area contributed by atoms with Crippen molar-refractivity contribution < 1.29 is 19.1 Å². The van der Waals surface area contributed by atoms with Gasteiger partial charge in [-0.15, -0.1) is 0 Å². The number of ether oxygens (including phenoxy) is 1. The lowest BCUT2D eigenvalue weighted by atomic mass is 10.2. The molecule has 6 nitrogen and oxygen atoms in total. The Balaban J connectivity index is 2.04. The smallest absolute Gasteiger partial charge is 0.312 e. The first-order valence-corrected chi connectivity index (χ1v) is 8.01. The van der Waals surface area contributed by atoms with Crippen LogP contribution in [-0.2, 0) is 14.3 Å². The van der Waals surface area contributed by atoms with Gasteiger partial charge in [-0.2, -0.15) is 5.01 Å². The number of imide groups is 1. The standard InChI is InChI=1S/C15H15ClN2O4S/c1-9(2)22-8-13(19)17-18-14(20)12(23-15(18)21)7-10-3-5-11(16)6-4-10/h3-7,9H,8H2,1-2H3,(H,17,19). The van der Waals surface area contributed by atoms with Crippen molar-refractivity contribution in [2.45, 2.75) is 20.0 Å². The second-order valence-electron chi connectivity index (χ2n) is 4.96. The highest BCUT2D eigenvalue weighted by atomic mass is 35.5. The Morgan fingerprint density at radius 1 is 1.35 bits per heavy atom. The molecule has 8 heteroatoms. The molecule has 0 radical (unpaired) electrons. The third kappa shape index (κ3) is 4.82. The van der Waals surface area contributed by atoms with Crippen molar-refractivity contribution in [1.29, 1.82) is 0 Å². The molecule has 0 aromatic heterocycles. The fourth-order valence-corrected chi connectivity index (χ4v) is 2.58. The van der Waals surface area contributed by atoms with E-state index in [1.807, 2.05) is 0 Å². The van der Waals surface area contributed by atoms with Gasteiger partial charge in [0.25, 0.3) is 11.8 Å². The van der Waals surface area contributed by atoms with E-state index in [1.165, 1.54) is 0 Å². The first kappa shape index (κ1) is 17.5. The highest BCUT2D eigenvalue weighted by Gasteiger charge is 2.36. The molecule has 122 valence electrons. The van der Waals surface area contributed by atoms with Crippen LogP contribution < -0.4 is 5.43 Å². The summed E-state index contributed by atoms with van der Waals surface area (Å²) < 4.78 is 5.12. The lowest BCUT2D eigenvalue weighted by Crippen LogP contribution is -2.46. The van der Waals surface area contributed by atoms with Crippen LogP contribution in [0.2, 0.25) is 5.02 Å². The number of hydrazine groups is 1. The highest BCUT2D eigenvalue weighted by molar-refractivity contribution is 8.18. The minimum Gasteiger partial charge on any atom is -0.369 e. The van der Waals surface area contributed by atoms with Gasteiger partial charge < -0.3 is 4.74 Å². The van der Waals surface area contributed by atoms with Crippen molar-refractivity contribution >= 4 is 46.5 Å². The van der Waals surface area contributed by atoms with Crippen molar-refractivity contribution in [2.75, 3.05) is 6.61 Å². The second kappa shape index (κ2) is 7.63. The molecule has 0 saturated carbocycles. The molecule has 1 fully saturated rings. The van der Waals surface area contributed by atoms with Crippen LogP contribution in [0.5, 0.6) is 0 Å². The molecular formula is C15H15ClN2O4S. The van der Waals surface area contributed by atoms with Gasteiger partial charge in [0.05, 0.1) is 11.0 Å². The minimum atomic E-state index is -0.576. The molecule has 1 aliphatic heterocycles. The Hall–Kier alpha value is -1.83. The van der Waals surface area contributed by atoms with E-state index in [9.17, 15) is 14.4 Å². The number of carbonyl (C=O) groups excluding carboxylic acids is 3. The van der Waals surface area contributed by atoms with Crippen molar-refractivity contribution in [3.63, 3.8) is 0 Å². The lowest BCUT2D eigenvalue weighted by molar-refractivity contribution is -0.137. The summed E-state index contributed by atoms with van der Waals surface area (Å²) in [6.07, 6.45) is 1.44. The van der Waals surface area contributed by atoms with E-state index in [1.54, 1.807) is 44.2 Å². The van der Waals surface area contributed by atoms with Crippen molar-refractivity contribution in [1.82, 2.24) is 10.4 Å². The number of nitrogens with zero attached hydrogens (tertiary/aromatic N) is 1. The predicted octanol–water partition coefficient (Wildman–Crippen LogP) is 2.83. The molecule has 0 bridgehead atoms. The van der Waals surface area contributed by atoms with E-state index < -0.39 is 17.1 Å². The van der Waals surface area contributed by atoms with Gasteiger partial charge >= 0.3 is 5.24 Å². The predicted molar refractivity (Wildman–Crippen MR) is 88.5 cm³/mol. The summed E-state index contributed by atoms with van der Waals surface area (Å²) in [6, 6.07) is 6.82. The topological polar surface area (TPSA) is 75.7 Å². The summed E-state index contributed by atoms with van der Waals surface area (Å²) in [4.78, 5) is 36.0. The van der Waals surface area contributed by atoms with Crippen LogP contribution >= 0.6 is 23.4 Å². The molecule has 1 aromatic rings. The quantitative estimate of drug-likeness (QED) is 0.823. The molecule has 0 unspecified atom stereocenters. The number of amides is 3. The SMILES string of the molecule is CC(C)OCC(=O)NN1C(=O)SC(=Cc2ccc(Cl)cc2)C1=O. The van der Waals surface area contributed by atoms with Gasteiger partial charge in [-0.3, -0.25) is 19.8 Å². The number of carbonyl (C=O) groups is 3.